The van der Waals surface area contributed by atoms with Crippen molar-refractivity contribution in [2.45, 2.75) is 6.92 Å². The summed E-state index contributed by atoms with van der Waals surface area (Å²) in [5.41, 5.74) is 1.41. The van der Waals surface area contributed by atoms with Gasteiger partial charge in [0.05, 0.1) is 31.6 Å². The number of hydrogen-bond donors (Lipinski definition) is 1. The lowest BCUT2D eigenvalue weighted by atomic mass is 10.0. The Kier molecular flexibility index (Phi) is 6.19. The highest BCUT2D eigenvalue weighted by Gasteiger charge is 2.42. The van der Waals surface area contributed by atoms with Crippen LogP contribution in [-0.4, -0.2) is 55.7 Å². The molecule has 2 aromatic rings. The first-order chi connectivity index (χ1) is 14.0. The van der Waals surface area contributed by atoms with Gasteiger partial charge in [-0.3, -0.25) is 9.59 Å². The number of aliphatic hydroxyl groups excluding tert-OH is 1. The van der Waals surface area contributed by atoms with E-state index in [2.05, 4.69) is 0 Å². The minimum Gasteiger partial charge on any atom is -0.496 e. The molecule has 0 fully saturated rings. The van der Waals surface area contributed by atoms with Crippen molar-refractivity contribution in [1.29, 1.82) is 0 Å². The van der Waals surface area contributed by atoms with Crippen molar-refractivity contribution in [3.05, 3.63) is 59.8 Å². The molecule has 0 radical (unpaired) electrons. The van der Waals surface area contributed by atoms with Gasteiger partial charge in [-0.15, -0.1) is 0 Å². The Morgan fingerprint density at radius 1 is 1.07 bits per heavy atom. The summed E-state index contributed by atoms with van der Waals surface area (Å²) in [6, 6.07) is 13.9. The fraction of sp³-hybridized carbons (Fsp3) is 0.273. The Hall–Kier alpha value is -3.32. The zero-order valence-electron chi connectivity index (χ0n) is 16.7. The smallest absolute Gasteiger partial charge is 0.282 e. The maximum atomic E-state index is 13.4. The molecular formula is C22H24N2O5. The molecule has 2 amide bonds. The van der Waals surface area contributed by atoms with E-state index in [-0.39, 0.29) is 24.4 Å². The number of imide groups is 1. The van der Waals surface area contributed by atoms with Crippen LogP contribution >= 0.6 is 0 Å². The average molecular weight is 396 g/mol. The summed E-state index contributed by atoms with van der Waals surface area (Å²) in [7, 11) is 3.19. The van der Waals surface area contributed by atoms with Crippen molar-refractivity contribution < 1.29 is 24.2 Å². The summed E-state index contributed by atoms with van der Waals surface area (Å²) in [5.74, 6) is 0.151. The van der Waals surface area contributed by atoms with Crippen molar-refractivity contribution >= 4 is 23.1 Å². The van der Waals surface area contributed by atoms with E-state index in [1.807, 2.05) is 6.92 Å². The van der Waals surface area contributed by atoms with E-state index in [9.17, 15) is 14.7 Å². The molecule has 0 saturated heterocycles. The molecule has 1 aliphatic heterocycles. The molecule has 7 nitrogen and oxygen atoms in total. The molecule has 1 heterocycles. The SMILES string of the molecule is CCOc1cccc(N2C(=O)C(c3ccccc3OC)=C(N(C)CCO)C2=O)c1. The van der Waals surface area contributed by atoms with Crippen LogP contribution in [0, 0.1) is 0 Å². The molecule has 0 atom stereocenters. The third kappa shape index (κ3) is 3.82. The van der Waals surface area contributed by atoms with Crippen molar-refractivity contribution in [3.63, 3.8) is 0 Å². The summed E-state index contributed by atoms with van der Waals surface area (Å²) in [4.78, 5) is 29.5. The number of methoxy groups -OCH3 is 1. The van der Waals surface area contributed by atoms with Crippen LogP contribution in [0.3, 0.4) is 0 Å². The van der Waals surface area contributed by atoms with E-state index in [0.29, 0.717) is 29.4 Å². The Balaban J connectivity index is 2.14. The first kappa shape index (κ1) is 20.4. The van der Waals surface area contributed by atoms with Gasteiger partial charge in [0.15, 0.2) is 0 Å². The van der Waals surface area contributed by atoms with Crippen LogP contribution in [0.1, 0.15) is 12.5 Å². The number of nitrogens with zero attached hydrogens (tertiary/aromatic N) is 2. The van der Waals surface area contributed by atoms with Crippen LogP contribution in [0.2, 0.25) is 0 Å². The Morgan fingerprint density at radius 3 is 2.52 bits per heavy atom. The predicted octanol–water partition coefficient (Wildman–Crippen LogP) is 2.30. The topological polar surface area (TPSA) is 79.3 Å². The predicted molar refractivity (Wildman–Crippen MR) is 110 cm³/mol. The quantitative estimate of drug-likeness (QED) is 0.690. The fourth-order valence-corrected chi connectivity index (χ4v) is 3.34. The van der Waals surface area contributed by atoms with E-state index < -0.39 is 11.8 Å². The van der Waals surface area contributed by atoms with Crippen LogP contribution < -0.4 is 14.4 Å². The first-order valence-corrected chi connectivity index (χ1v) is 9.34. The number of aliphatic hydroxyl groups is 1. The van der Waals surface area contributed by atoms with Gasteiger partial charge in [-0.2, -0.15) is 0 Å². The third-order valence-electron chi connectivity index (χ3n) is 4.64. The number of ether oxygens (including phenoxy) is 2. The van der Waals surface area contributed by atoms with Crippen LogP contribution in [0.25, 0.3) is 5.57 Å². The molecule has 1 N–H and O–H groups in total. The Morgan fingerprint density at radius 2 is 1.83 bits per heavy atom. The second-order valence-electron chi connectivity index (χ2n) is 6.45. The molecule has 0 aliphatic carbocycles. The molecule has 0 spiro atoms. The molecule has 29 heavy (non-hydrogen) atoms. The number of carbonyl (C=O) groups excluding carboxylic acids is 2. The lowest BCUT2D eigenvalue weighted by molar-refractivity contribution is -0.120. The molecule has 0 bridgehead atoms. The van der Waals surface area contributed by atoms with Gasteiger partial charge in [-0.05, 0) is 25.1 Å². The summed E-state index contributed by atoms with van der Waals surface area (Å²) >= 11 is 0. The second kappa shape index (κ2) is 8.79. The van der Waals surface area contributed by atoms with Gasteiger partial charge in [0.2, 0.25) is 0 Å². The Bertz CT molecular complexity index is 954. The number of likely N-dealkylation sites (N-methyl/N-ethyl adjacent to an activating group) is 1. The van der Waals surface area contributed by atoms with E-state index in [1.54, 1.807) is 60.5 Å². The van der Waals surface area contributed by atoms with E-state index >= 15 is 0 Å². The average Bonchev–Trinajstić information content (AvgIpc) is 2.98. The molecule has 0 saturated carbocycles. The zero-order chi connectivity index (χ0) is 21.0. The lowest BCUT2D eigenvalue weighted by Crippen LogP contribution is -2.34. The monoisotopic (exact) mass is 396 g/mol. The number of hydrogen-bond acceptors (Lipinski definition) is 6. The minimum atomic E-state index is -0.458. The van der Waals surface area contributed by atoms with Gasteiger partial charge in [0.1, 0.15) is 17.2 Å². The molecule has 2 aromatic carbocycles. The number of anilines is 1. The number of carbonyl (C=O) groups is 2. The van der Waals surface area contributed by atoms with E-state index in [1.165, 1.54) is 7.11 Å². The summed E-state index contributed by atoms with van der Waals surface area (Å²) in [6.45, 7) is 2.39. The van der Waals surface area contributed by atoms with Gasteiger partial charge < -0.3 is 19.5 Å². The number of rotatable bonds is 8. The molecule has 0 unspecified atom stereocenters. The lowest BCUT2D eigenvalue weighted by Gasteiger charge is -2.20. The third-order valence-corrected chi connectivity index (χ3v) is 4.64. The highest BCUT2D eigenvalue weighted by molar-refractivity contribution is 6.45. The molecule has 0 aromatic heterocycles. The summed E-state index contributed by atoms with van der Waals surface area (Å²) < 4.78 is 10.9. The highest BCUT2D eigenvalue weighted by atomic mass is 16.5. The van der Waals surface area contributed by atoms with Gasteiger partial charge in [-0.25, -0.2) is 4.90 Å². The molecule has 1 aliphatic rings. The fourth-order valence-electron chi connectivity index (χ4n) is 3.34. The standard InChI is InChI=1S/C22H24N2O5/c1-4-29-16-9-7-8-15(14-16)24-21(26)19(17-10-5-6-11-18(17)28-3)20(22(24)27)23(2)12-13-25/h5-11,14,25H,4,12-13H2,1-3H3. The normalized spacial score (nSPS) is 13.9. The van der Waals surface area contributed by atoms with Crippen molar-refractivity contribution in [2.75, 3.05) is 38.8 Å². The van der Waals surface area contributed by atoms with Gasteiger partial charge in [0.25, 0.3) is 11.8 Å². The number of amides is 2. The molecule has 152 valence electrons. The van der Waals surface area contributed by atoms with Crippen molar-refractivity contribution in [1.82, 2.24) is 4.90 Å². The summed E-state index contributed by atoms with van der Waals surface area (Å²) in [6.07, 6.45) is 0. The van der Waals surface area contributed by atoms with Gasteiger partial charge >= 0.3 is 0 Å². The largest absolute Gasteiger partial charge is 0.496 e. The molecule has 7 heteroatoms. The molecular weight excluding hydrogens is 372 g/mol. The Labute approximate surface area is 169 Å². The minimum absolute atomic E-state index is 0.152. The maximum Gasteiger partial charge on any atom is 0.282 e. The van der Waals surface area contributed by atoms with Crippen molar-refractivity contribution in [2.24, 2.45) is 0 Å². The number of benzene rings is 2. The number of para-hydroxylation sites is 1. The van der Waals surface area contributed by atoms with Crippen LogP contribution in [0.4, 0.5) is 5.69 Å². The molecule has 3 rings (SSSR count). The van der Waals surface area contributed by atoms with Crippen LogP contribution in [0.15, 0.2) is 54.2 Å². The van der Waals surface area contributed by atoms with Crippen molar-refractivity contribution in [3.8, 4) is 11.5 Å². The maximum absolute atomic E-state index is 13.4. The van der Waals surface area contributed by atoms with Crippen LogP contribution in [0.5, 0.6) is 11.5 Å². The first-order valence-electron chi connectivity index (χ1n) is 9.34. The summed E-state index contributed by atoms with van der Waals surface area (Å²) in [5, 5.41) is 9.37. The highest BCUT2D eigenvalue weighted by Crippen LogP contribution is 2.38. The second-order valence-corrected chi connectivity index (χ2v) is 6.45. The van der Waals surface area contributed by atoms with Gasteiger partial charge in [-0.1, -0.05) is 24.3 Å². The van der Waals surface area contributed by atoms with E-state index in [4.69, 9.17) is 9.47 Å². The zero-order valence-corrected chi connectivity index (χ0v) is 16.7. The van der Waals surface area contributed by atoms with E-state index in [0.717, 1.165) is 4.90 Å². The van der Waals surface area contributed by atoms with Crippen LogP contribution in [-0.2, 0) is 9.59 Å². The van der Waals surface area contributed by atoms with Gasteiger partial charge in [0, 0.05) is 25.2 Å².